The van der Waals surface area contributed by atoms with Crippen LogP contribution in [-0.2, 0) is 65.4 Å². The highest BCUT2D eigenvalue weighted by molar-refractivity contribution is 7.47. The fraction of sp³-hybridized carbons (Fsp3) is 0.884. The van der Waals surface area contributed by atoms with Gasteiger partial charge < -0.3 is 33.8 Å². The molecule has 88 heavy (non-hydrogen) atoms. The van der Waals surface area contributed by atoms with E-state index in [2.05, 4.69) is 72.8 Å². The van der Waals surface area contributed by atoms with Crippen molar-refractivity contribution >= 4 is 39.5 Å². The lowest BCUT2D eigenvalue weighted by Crippen LogP contribution is -2.30. The maximum atomic E-state index is 13.0. The predicted octanol–water partition coefficient (Wildman–Crippen LogP) is 19.0. The quantitative estimate of drug-likeness (QED) is 0.0169. The minimum atomic E-state index is -4.96. The summed E-state index contributed by atoms with van der Waals surface area (Å²) in [5.41, 5.74) is 0. The number of aliphatic hydroxyl groups excluding tert-OH is 1. The smallest absolute Gasteiger partial charge is 0.462 e. The van der Waals surface area contributed by atoms with Gasteiger partial charge in [0.2, 0.25) is 0 Å². The van der Waals surface area contributed by atoms with E-state index in [1.54, 1.807) is 0 Å². The summed E-state index contributed by atoms with van der Waals surface area (Å²) in [4.78, 5) is 72.4. The fourth-order valence-electron chi connectivity index (χ4n) is 9.79. The highest BCUT2D eigenvalue weighted by Crippen LogP contribution is 2.45. The Bertz CT molecular complexity index is 1830. The summed E-state index contributed by atoms with van der Waals surface area (Å²) in [6, 6.07) is 0. The highest BCUT2D eigenvalue weighted by atomic mass is 31.2. The van der Waals surface area contributed by atoms with E-state index in [1.165, 1.54) is 109 Å². The monoisotopic (exact) mass is 1290 g/mol. The first-order chi connectivity index (χ1) is 42.3. The number of esters is 4. The van der Waals surface area contributed by atoms with E-state index in [9.17, 15) is 43.2 Å². The average molecular weight is 1290 g/mol. The minimum Gasteiger partial charge on any atom is -0.462 e. The Morgan fingerprint density at radius 1 is 0.375 bits per heavy atom. The van der Waals surface area contributed by atoms with Crippen molar-refractivity contribution in [3.63, 3.8) is 0 Å². The zero-order valence-corrected chi connectivity index (χ0v) is 58.5. The second-order valence-corrected chi connectivity index (χ2v) is 28.3. The van der Waals surface area contributed by atoms with Gasteiger partial charge in [-0.3, -0.25) is 37.3 Å². The summed E-state index contributed by atoms with van der Waals surface area (Å²) in [6.45, 7) is 11.7. The van der Waals surface area contributed by atoms with Crippen LogP contribution in [0.25, 0.3) is 0 Å². The highest BCUT2D eigenvalue weighted by Gasteiger charge is 2.30. The molecule has 0 aliphatic rings. The number of allylic oxidation sites excluding steroid dienone is 4. The van der Waals surface area contributed by atoms with Crippen molar-refractivity contribution in [2.45, 2.75) is 336 Å². The van der Waals surface area contributed by atoms with Gasteiger partial charge >= 0.3 is 39.5 Å². The van der Waals surface area contributed by atoms with Crippen LogP contribution in [0, 0.1) is 17.8 Å². The number of carbonyl (C=O) groups is 4. The fourth-order valence-corrected chi connectivity index (χ4v) is 11.4. The zero-order valence-electron chi connectivity index (χ0n) is 56.7. The summed E-state index contributed by atoms with van der Waals surface area (Å²) in [6.07, 6.45) is 45.3. The molecular weight excluding hydrogens is 1160 g/mol. The van der Waals surface area contributed by atoms with Crippen LogP contribution < -0.4 is 0 Å². The Hall–Kier alpha value is -2.46. The number of ether oxygens (including phenoxy) is 4. The Kier molecular flexibility index (Phi) is 57.9. The average Bonchev–Trinajstić information content (AvgIpc) is 3.57. The summed E-state index contributed by atoms with van der Waals surface area (Å²) >= 11 is 0. The molecule has 0 saturated carbocycles. The molecule has 0 amide bonds. The molecule has 0 aliphatic heterocycles. The summed E-state index contributed by atoms with van der Waals surface area (Å²) in [5, 5.41) is 10.6. The van der Waals surface area contributed by atoms with E-state index in [0.29, 0.717) is 25.7 Å². The molecule has 0 saturated heterocycles. The van der Waals surface area contributed by atoms with Crippen molar-refractivity contribution in [2.75, 3.05) is 39.6 Å². The van der Waals surface area contributed by atoms with E-state index in [-0.39, 0.29) is 25.7 Å². The van der Waals surface area contributed by atoms with Gasteiger partial charge in [0.15, 0.2) is 12.2 Å². The van der Waals surface area contributed by atoms with Crippen molar-refractivity contribution < 1.29 is 80.2 Å². The summed E-state index contributed by atoms with van der Waals surface area (Å²) < 4.78 is 68.2. The molecule has 3 N–H and O–H groups in total. The first-order valence-corrected chi connectivity index (χ1v) is 38.2. The molecule has 0 aromatic heterocycles. The van der Waals surface area contributed by atoms with Crippen LogP contribution in [-0.4, -0.2) is 96.7 Å². The van der Waals surface area contributed by atoms with Crippen LogP contribution in [0.15, 0.2) is 24.3 Å². The summed E-state index contributed by atoms with van der Waals surface area (Å²) in [7, 11) is -9.91. The van der Waals surface area contributed by atoms with Gasteiger partial charge in [-0.25, -0.2) is 9.13 Å². The molecule has 19 heteroatoms. The maximum Gasteiger partial charge on any atom is 0.472 e. The first kappa shape index (κ1) is 85.5. The lowest BCUT2D eigenvalue weighted by atomic mass is 10.00. The SMILES string of the molecule is CCCCCC/C=C\C=C/CCCCCCCC(=O)O[C@H](COC(=O)CCCCCCCCC(C)CC)COP(=O)(O)OC[C@H](O)COP(=O)(O)OC[C@@H](COC(=O)CCCCCCCCCCC(C)C)OC(=O)CCCCCCCCCCCC(C)C. The van der Waals surface area contributed by atoms with Crippen molar-refractivity contribution in [3.8, 4) is 0 Å². The predicted molar refractivity (Wildman–Crippen MR) is 354 cm³/mol. The van der Waals surface area contributed by atoms with E-state index < -0.39 is 97.5 Å². The van der Waals surface area contributed by atoms with Gasteiger partial charge in [0, 0.05) is 25.7 Å². The number of carbonyl (C=O) groups excluding carboxylic acids is 4. The van der Waals surface area contributed by atoms with Gasteiger partial charge in [-0.15, -0.1) is 0 Å². The summed E-state index contributed by atoms with van der Waals surface area (Å²) in [5.74, 6) is 0.0258. The molecule has 0 radical (unpaired) electrons. The van der Waals surface area contributed by atoms with Crippen LogP contribution in [0.4, 0.5) is 0 Å². The Morgan fingerprint density at radius 3 is 1.01 bits per heavy atom. The van der Waals surface area contributed by atoms with Gasteiger partial charge in [0.25, 0.3) is 0 Å². The molecule has 6 atom stereocenters. The molecule has 0 rings (SSSR count). The molecule has 0 aliphatic carbocycles. The molecule has 0 aromatic rings. The minimum absolute atomic E-state index is 0.0835. The second-order valence-electron chi connectivity index (χ2n) is 25.4. The molecule has 17 nitrogen and oxygen atoms in total. The normalized spacial score (nSPS) is 14.7. The number of phosphoric acid groups is 2. The van der Waals surface area contributed by atoms with Crippen LogP contribution in [0.2, 0.25) is 0 Å². The van der Waals surface area contributed by atoms with Gasteiger partial charge in [-0.1, -0.05) is 265 Å². The number of phosphoric ester groups is 2. The van der Waals surface area contributed by atoms with Crippen LogP contribution in [0.1, 0.15) is 318 Å². The number of hydrogen-bond acceptors (Lipinski definition) is 15. The standard InChI is InChI=1S/C69H130O17P2/c1-8-10-11-12-13-14-15-16-17-18-19-22-29-38-45-52-68(73)86-65(57-80-67(72)51-44-37-32-31-35-42-49-62(7)9-2)59-84-88(77,78)82-55-63(70)54-81-87(75,76)83-58-64(56-79-66(71)50-43-36-28-25-24-27-34-41-48-61(5)6)85-69(74)53-46-39-30-23-20-21-26-33-40-47-60(3)4/h14-17,60-65,70H,8-13,18-59H2,1-7H3,(H,75,76)(H,77,78)/b15-14-,17-16-/t62?,63-,64-,65-/m1/s1. The third-order valence-corrected chi connectivity index (χ3v) is 17.5. The molecule has 518 valence electrons. The largest absolute Gasteiger partial charge is 0.472 e. The number of unbranched alkanes of at least 4 members (excludes halogenated alkanes) is 29. The van der Waals surface area contributed by atoms with Crippen molar-refractivity contribution in [1.29, 1.82) is 0 Å². The van der Waals surface area contributed by atoms with E-state index in [1.807, 2.05) is 0 Å². The van der Waals surface area contributed by atoms with Crippen LogP contribution in [0.5, 0.6) is 0 Å². The number of aliphatic hydroxyl groups is 1. The zero-order chi connectivity index (χ0) is 65.2. The molecule has 0 spiro atoms. The van der Waals surface area contributed by atoms with E-state index in [0.717, 1.165) is 127 Å². The van der Waals surface area contributed by atoms with Gasteiger partial charge in [0.1, 0.15) is 19.3 Å². The van der Waals surface area contributed by atoms with E-state index in [4.69, 9.17) is 37.0 Å². The van der Waals surface area contributed by atoms with Crippen LogP contribution in [0.3, 0.4) is 0 Å². The number of rotatable bonds is 65. The lowest BCUT2D eigenvalue weighted by Gasteiger charge is -2.21. The van der Waals surface area contributed by atoms with Crippen molar-refractivity contribution in [1.82, 2.24) is 0 Å². The molecule has 0 fully saturated rings. The number of hydrogen-bond donors (Lipinski definition) is 3. The van der Waals surface area contributed by atoms with Crippen molar-refractivity contribution in [3.05, 3.63) is 24.3 Å². The first-order valence-electron chi connectivity index (χ1n) is 35.2. The Labute approximate surface area is 535 Å². The van der Waals surface area contributed by atoms with Gasteiger partial charge in [-0.2, -0.15) is 0 Å². The van der Waals surface area contributed by atoms with Crippen molar-refractivity contribution in [2.24, 2.45) is 17.8 Å². The van der Waals surface area contributed by atoms with Gasteiger partial charge in [-0.05, 0) is 69.1 Å². The van der Waals surface area contributed by atoms with E-state index >= 15 is 0 Å². The molecular formula is C69H130O17P2. The maximum absolute atomic E-state index is 13.0. The second kappa shape index (κ2) is 59.5. The molecule has 0 aromatic carbocycles. The topological polar surface area (TPSA) is 237 Å². The molecule has 0 heterocycles. The molecule has 3 unspecified atom stereocenters. The lowest BCUT2D eigenvalue weighted by molar-refractivity contribution is -0.161. The third-order valence-electron chi connectivity index (χ3n) is 15.6. The Morgan fingerprint density at radius 2 is 0.670 bits per heavy atom. The molecule has 0 bridgehead atoms. The Balaban J connectivity index is 5.30. The third kappa shape index (κ3) is 61.1. The van der Waals surface area contributed by atoms with Crippen LogP contribution >= 0.6 is 15.6 Å². The van der Waals surface area contributed by atoms with Gasteiger partial charge in [0.05, 0.1) is 26.4 Å².